The first kappa shape index (κ1) is 20.6. The zero-order valence-corrected chi connectivity index (χ0v) is 16.7. The molecule has 1 aromatic rings. The van der Waals surface area contributed by atoms with Crippen molar-refractivity contribution in [2.45, 2.75) is 57.5 Å². The van der Waals surface area contributed by atoms with Crippen LogP contribution in [0.2, 0.25) is 0 Å². The van der Waals surface area contributed by atoms with Gasteiger partial charge in [0.05, 0.1) is 6.10 Å². The summed E-state index contributed by atoms with van der Waals surface area (Å²) >= 11 is 0. The molecule has 2 fully saturated rings. The number of likely N-dealkylation sites (tertiary alicyclic amines) is 1. The molecule has 6 heteroatoms. The van der Waals surface area contributed by atoms with Gasteiger partial charge >= 0.3 is 6.03 Å². The molecule has 0 aromatic heterocycles. The van der Waals surface area contributed by atoms with Crippen LogP contribution in [0.3, 0.4) is 0 Å². The standard InChI is InChI=1S/C22H33N3O3/c26-21(24-19-8-3-1-4-9-19)18-12-15-25(16-13-18)22(27)23-14-7-17-28-20-10-5-2-6-11-20/h1,3-4,8-9,18,20H,2,5-7,10-17H2,(H,23,27)(H,24,26). The molecule has 2 aliphatic rings. The number of carbonyl (C=O) groups is 2. The van der Waals surface area contributed by atoms with Gasteiger partial charge in [0.25, 0.3) is 0 Å². The monoisotopic (exact) mass is 387 g/mol. The van der Waals surface area contributed by atoms with Crippen molar-refractivity contribution < 1.29 is 14.3 Å². The van der Waals surface area contributed by atoms with Crippen molar-refractivity contribution in [3.05, 3.63) is 30.3 Å². The van der Waals surface area contributed by atoms with E-state index in [1.807, 2.05) is 35.2 Å². The van der Waals surface area contributed by atoms with Crippen molar-refractivity contribution in [1.82, 2.24) is 10.2 Å². The highest BCUT2D eigenvalue weighted by Gasteiger charge is 2.27. The van der Waals surface area contributed by atoms with E-state index in [1.165, 1.54) is 32.1 Å². The van der Waals surface area contributed by atoms with Gasteiger partial charge in [-0.15, -0.1) is 0 Å². The number of amides is 3. The lowest BCUT2D eigenvalue weighted by Crippen LogP contribution is -2.46. The van der Waals surface area contributed by atoms with Gasteiger partial charge in [0.1, 0.15) is 0 Å². The lowest BCUT2D eigenvalue weighted by Gasteiger charge is -2.31. The maximum Gasteiger partial charge on any atom is 0.317 e. The number of ether oxygens (including phenoxy) is 1. The van der Waals surface area contributed by atoms with E-state index in [1.54, 1.807) is 0 Å². The molecule has 6 nitrogen and oxygen atoms in total. The summed E-state index contributed by atoms with van der Waals surface area (Å²) in [7, 11) is 0. The number of nitrogens with one attached hydrogen (secondary N) is 2. The van der Waals surface area contributed by atoms with Crippen LogP contribution in [-0.2, 0) is 9.53 Å². The molecule has 0 bridgehead atoms. The molecule has 1 heterocycles. The Hall–Kier alpha value is -2.08. The van der Waals surface area contributed by atoms with E-state index in [4.69, 9.17) is 4.74 Å². The molecule has 2 N–H and O–H groups in total. The number of nitrogens with zero attached hydrogens (tertiary/aromatic N) is 1. The number of benzene rings is 1. The SMILES string of the molecule is O=C(Nc1ccccc1)C1CCN(C(=O)NCCCOC2CCCCC2)CC1. The lowest BCUT2D eigenvalue weighted by atomic mass is 9.96. The zero-order chi connectivity index (χ0) is 19.6. The molecular weight excluding hydrogens is 354 g/mol. The maximum absolute atomic E-state index is 12.4. The quantitative estimate of drug-likeness (QED) is 0.700. The number of anilines is 1. The van der Waals surface area contributed by atoms with Crippen molar-refractivity contribution in [1.29, 1.82) is 0 Å². The van der Waals surface area contributed by atoms with Crippen LogP contribution in [0.15, 0.2) is 30.3 Å². The predicted molar refractivity (Wildman–Crippen MR) is 110 cm³/mol. The fourth-order valence-corrected chi connectivity index (χ4v) is 3.97. The average molecular weight is 388 g/mol. The summed E-state index contributed by atoms with van der Waals surface area (Å²) in [5.74, 6) is 0.0132. The molecule has 0 atom stereocenters. The minimum Gasteiger partial charge on any atom is -0.378 e. The molecule has 3 rings (SSSR count). The van der Waals surface area contributed by atoms with Crippen LogP contribution < -0.4 is 10.6 Å². The summed E-state index contributed by atoms with van der Waals surface area (Å²) in [4.78, 5) is 26.5. The summed E-state index contributed by atoms with van der Waals surface area (Å²) in [5, 5.41) is 5.94. The molecule has 28 heavy (non-hydrogen) atoms. The Morgan fingerprint density at radius 3 is 2.43 bits per heavy atom. The van der Waals surface area contributed by atoms with Crippen molar-refractivity contribution in [3.8, 4) is 0 Å². The summed E-state index contributed by atoms with van der Waals surface area (Å²) in [5.41, 5.74) is 0.822. The van der Waals surface area contributed by atoms with Crippen molar-refractivity contribution >= 4 is 17.6 Å². The third kappa shape index (κ3) is 6.51. The van der Waals surface area contributed by atoms with Gasteiger partial charge in [-0.3, -0.25) is 4.79 Å². The number of rotatable bonds is 7. The summed E-state index contributed by atoms with van der Waals surface area (Å²) in [6.45, 7) is 2.60. The van der Waals surface area contributed by atoms with Gasteiger partial charge in [-0.05, 0) is 44.2 Å². The van der Waals surface area contributed by atoms with E-state index >= 15 is 0 Å². The minimum absolute atomic E-state index is 0.0282. The van der Waals surface area contributed by atoms with Gasteiger partial charge < -0.3 is 20.3 Å². The molecule has 0 unspecified atom stereocenters. The molecule has 0 radical (unpaired) electrons. The third-order valence-electron chi connectivity index (χ3n) is 5.70. The molecule has 1 aliphatic heterocycles. The third-order valence-corrected chi connectivity index (χ3v) is 5.70. The molecule has 1 aliphatic carbocycles. The van der Waals surface area contributed by atoms with E-state index in [9.17, 15) is 9.59 Å². The molecule has 1 saturated carbocycles. The average Bonchev–Trinajstić information content (AvgIpc) is 2.75. The van der Waals surface area contributed by atoms with Crippen LogP contribution in [0.25, 0.3) is 0 Å². The van der Waals surface area contributed by atoms with Gasteiger partial charge in [-0.25, -0.2) is 4.79 Å². The summed E-state index contributed by atoms with van der Waals surface area (Å²) in [6, 6.07) is 9.48. The second-order valence-corrected chi connectivity index (χ2v) is 7.83. The first-order valence-corrected chi connectivity index (χ1v) is 10.7. The molecule has 3 amide bonds. The van der Waals surface area contributed by atoms with Gasteiger partial charge in [0.2, 0.25) is 5.91 Å². The first-order chi connectivity index (χ1) is 13.7. The molecule has 154 valence electrons. The van der Waals surface area contributed by atoms with E-state index in [0.29, 0.717) is 45.2 Å². The summed E-state index contributed by atoms with van der Waals surface area (Å²) in [6.07, 6.45) is 8.93. The van der Waals surface area contributed by atoms with Gasteiger partial charge in [0.15, 0.2) is 0 Å². The molecule has 0 spiro atoms. The van der Waals surface area contributed by atoms with Crippen molar-refractivity contribution in [3.63, 3.8) is 0 Å². The highest BCUT2D eigenvalue weighted by atomic mass is 16.5. The first-order valence-electron chi connectivity index (χ1n) is 10.7. The van der Waals surface area contributed by atoms with Gasteiger partial charge in [-0.2, -0.15) is 0 Å². The van der Waals surface area contributed by atoms with Crippen molar-refractivity contribution in [2.75, 3.05) is 31.6 Å². The Bertz CT molecular complexity index is 609. The molecular formula is C22H33N3O3. The zero-order valence-electron chi connectivity index (χ0n) is 16.7. The number of para-hydroxylation sites is 1. The number of piperidine rings is 1. The van der Waals surface area contributed by atoms with Crippen LogP contribution >= 0.6 is 0 Å². The number of hydrogen-bond donors (Lipinski definition) is 2. The van der Waals surface area contributed by atoms with Crippen LogP contribution in [0.4, 0.5) is 10.5 Å². The van der Waals surface area contributed by atoms with Crippen molar-refractivity contribution in [2.24, 2.45) is 5.92 Å². The number of carbonyl (C=O) groups excluding carboxylic acids is 2. The minimum atomic E-state index is -0.0341. The highest BCUT2D eigenvalue weighted by molar-refractivity contribution is 5.92. The largest absolute Gasteiger partial charge is 0.378 e. The number of hydrogen-bond acceptors (Lipinski definition) is 3. The Morgan fingerprint density at radius 2 is 1.71 bits per heavy atom. The summed E-state index contributed by atoms with van der Waals surface area (Å²) < 4.78 is 5.89. The normalized spacial score (nSPS) is 18.6. The Labute approximate surface area is 168 Å². The van der Waals surface area contributed by atoms with Crippen LogP contribution in [0, 0.1) is 5.92 Å². The second-order valence-electron chi connectivity index (χ2n) is 7.83. The highest BCUT2D eigenvalue weighted by Crippen LogP contribution is 2.21. The molecule has 1 saturated heterocycles. The van der Waals surface area contributed by atoms with Crippen LogP contribution in [0.5, 0.6) is 0 Å². The Balaban J connectivity index is 1.27. The fraction of sp³-hybridized carbons (Fsp3) is 0.636. The smallest absolute Gasteiger partial charge is 0.317 e. The van der Waals surface area contributed by atoms with E-state index < -0.39 is 0 Å². The van der Waals surface area contributed by atoms with Crippen LogP contribution in [0.1, 0.15) is 51.4 Å². The van der Waals surface area contributed by atoms with E-state index in [-0.39, 0.29) is 17.9 Å². The topological polar surface area (TPSA) is 70.7 Å². The van der Waals surface area contributed by atoms with Crippen LogP contribution in [-0.4, -0.2) is 49.2 Å². The maximum atomic E-state index is 12.4. The lowest BCUT2D eigenvalue weighted by molar-refractivity contribution is -0.121. The van der Waals surface area contributed by atoms with E-state index in [0.717, 1.165) is 12.1 Å². The molecule has 1 aromatic carbocycles. The predicted octanol–water partition coefficient (Wildman–Crippen LogP) is 3.79. The van der Waals surface area contributed by atoms with E-state index in [2.05, 4.69) is 10.6 Å². The second kappa shape index (κ2) is 11.1. The number of urea groups is 1. The van der Waals surface area contributed by atoms with Gasteiger partial charge in [-0.1, -0.05) is 37.5 Å². The Morgan fingerprint density at radius 1 is 1.00 bits per heavy atom. The Kier molecular flexibility index (Phi) is 8.15. The fourth-order valence-electron chi connectivity index (χ4n) is 3.97. The van der Waals surface area contributed by atoms with Gasteiger partial charge in [0, 0.05) is 37.8 Å².